The average molecular weight is 389 g/mol. The fraction of sp³-hybridized carbons (Fsp3) is 0.696. The molecule has 1 saturated heterocycles. The van der Waals surface area contributed by atoms with Gasteiger partial charge in [0.1, 0.15) is 18.0 Å². The second kappa shape index (κ2) is 9.75. The van der Waals surface area contributed by atoms with E-state index in [4.69, 9.17) is 9.47 Å². The van der Waals surface area contributed by atoms with Crippen molar-refractivity contribution in [1.29, 1.82) is 0 Å². The summed E-state index contributed by atoms with van der Waals surface area (Å²) in [5.74, 6) is 1.48. The number of likely N-dealkylation sites (tertiary alicyclic amines) is 1. The molecule has 1 aromatic rings. The third-order valence-electron chi connectivity index (χ3n) is 6.59. The fourth-order valence-corrected chi connectivity index (χ4v) is 4.40. The van der Waals surface area contributed by atoms with Gasteiger partial charge < -0.3 is 14.8 Å². The van der Waals surface area contributed by atoms with Gasteiger partial charge in [-0.05, 0) is 82.2 Å². The smallest absolute Gasteiger partial charge is 0.256 e. The standard InChI is InChI=1S/C23H36N2O3/c1-18-11-13-23(27-3,14-12-18)22(26)24-20-7-9-21(10-8-20)28-17-16-25-15-5-4-6-19(25)2/h7-10,18-19H,4-6,11-17H2,1-3H3,(H,24,26)/t18?,19-,23?/m0/s1. The van der Waals surface area contributed by atoms with E-state index in [-0.39, 0.29) is 5.91 Å². The number of benzene rings is 1. The number of ether oxygens (including phenoxy) is 2. The van der Waals surface area contributed by atoms with Crippen molar-refractivity contribution in [3.63, 3.8) is 0 Å². The summed E-state index contributed by atoms with van der Waals surface area (Å²) in [7, 11) is 1.65. The fourth-order valence-electron chi connectivity index (χ4n) is 4.40. The molecule has 5 nitrogen and oxygen atoms in total. The summed E-state index contributed by atoms with van der Waals surface area (Å²) in [6, 6.07) is 8.33. The van der Waals surface area contributed by atoms with E-state index in [0.717, 1.165) is 43.7 Å². The molecule has 2 aliphatic rings. The first-order chi connectivity index (χ1) is 13.5. The Morgan fingerprint density at radius 2 is 1.86 bits per heavy atom. The number of amides is 1. The highest BCUT2D eigenvalue weighted by Gasteiger charge is 2.41. The molecule has 1 amide bonds. The highest BCUT2D eigenvalue weighted by molar-refractivity contribution is 5.97. The van der Waals surface area contributed by atoms with Crippen molar-refractivity contribution >= 4 is 11.6 Å². The molecule has 1 N–H and O–H groups in total. The van der Waals surface area contributed by atoms with Gasteiger partial charge in [0.05, 0.1) is 0 Å². The van der Waals surface area contributed by atoms with E-state index in [1.54, 1.807) is 7.11 Å². The van der Waals surface area contributed by atoms with Crippen LogP contribution in [0.5, 0.6) is 5.75 Å². The molecule has 28 heavy (non-hydrogen) atoms. The number of carbonyl (C=O) groups is 1. The number of methoxy groups -OCH3 is 1. The van der Waals surface area contributed by atoms with Crippen LogP contribution in [0.4, 0.5) is 5.69 Å². The number of piperidine rings is 1. The van der Waals surface area contributed by atoms with Gasteiger partial charge in [-0.3, -0.25) is 9.69 Å². The predicted molar refractivity (Wildman–Crippen MR) is 113 cm³/mol. The van der Waals surface area contributed by atoms with Crippen molar-refractivity contribution in [2.75, 3.05) is 32.1 Å². The Morgan fingerprint density at radius 1 is 1.14 bits per heavy atom. The zero-order valence-electron chi connectivity index (χ0n) is 17.7. The Kier molecular flexibility index (Phi) is 7.36. The van der Waals surface area contributed by atoms with Crippen molar-refractivity contribution in [2.24, 2.45) is 5.92 Å². The van der Waals surface area contributed by atoms with E-state index in [9.17, 15) is 4.79 Å². The Labute approximate surface area is 169 Å². The van der Waals surface area contributed by atoms with Crippen LogP contribution in [0.3, 0.4) is 0 Å². The Bertz CT molecular complexity index is 623. The summed E-state index contributed by atoms with van der Waals surface area (Å²) in [4.78, 5) is 15.3. The maximum Gasteiger partial charge on any atom is 0.256 e. The molecule has 1 atom stereocenters. The third-order valence-corrected chi connectivity index (χ3v) is 6.59. The Morgan fingerprint density at radius 3 is 2.50 bits per heavy atom. The maximum atomic E-state index is 12.8. The molecule has 0 radical (unpaired) electrons. The monoisotopic (exact) mass is 388 g/mol. The molecule has 156 valence electrons. The SMILES string of the molecule is COC1(C(=O)Nc2ccc(OCCN3CCCC[C@@H]3C)cc2)CCC(C)CC1. The average Bonchev–Trinajstić information content (AvgIpc) is 2.71. The summed E-state index contributed by atoms with van der Waals surface area (Å²) >= 11 is 0. The van der Waals surface area contributed by atoms with Gasteiger partial charge in [0.15, 0.2) is 0 Å². The minimum absolute atomic E-state index is 0.0327. The quantitative estimate of drug-likeness (QED) is 0.748. The molecule has 0 bridgehead atoms. The van der Waals surface area contributed by atoms with Crippen LogP contribution >= 0.6 is 0 Å². The number of carbonyl (C=O) groups excluding carboxylic acids is 1. The first kappa shape index (κ1) is 21.1. The van der Waals surface area contributed by atoms with Crippen LogP contribution in [-0.4, -0.2) is 49.3 Å². The van der Waals surface area contributed by atoms with Crippen molar-refractivity contribution in [3.8, 4) is 5.75 Å². The van der Waals surface area contributed by atoms with Crippen molar-refractivity contribution in [3.05, 3.63) is 24.3 Å². The van der Waals surface area contributed by atoms with Gasteiger partial charge >= 0.3 is 0 Å². The molecule has 0 unspecified atom stereocenters. The van der Waals surface area contributed by atoms with Crippen LogP contribution in [0.1, 0.15) is 58.8 Å². The number of rotatable bonds is 7. The molecule has 0 spiro atoms. The van der Waals surface area contributed by atoms with Gasteiger partial charge in [0.25, 0.3) is 5.91 Å². The van der Waals surface area contributed by atoms with Crippen LogP contribution in [-0.2, 0) is 9.53 Å². The van der Waals surface area contributed by atoms with Crippen LogP contribution < -0.4 is 10.1 Å². The Balaban J connectivity index is 1.48. The highest BCUT2D eigenvalue weighted by atomic mass is 16.5. The van der Waals surface area contributed by atoms with E-state index in [2.05, 4.69) is 24.1 Å². The summed E-state index contributed by atoms with van der Waals surface area (Å²) in [5, 5.41) is 3.03. The topological polar surface area (TPSA) is 50.8 Å². The summed E-state index contributed by atoms with van der Waals surface area (Å²) < 4.78 is 11.6. The lowest BCUT2D eigenvalue weighted by Crippen LogP contribution is -2.47. The van der Waals surface area contributed by atoms with Gasteiger partial charge in [0, 0.05) is 25.4 Å². The molecule has 1 heterocycles. The summed E-state index contributed by atoms with van der Waals surface area (Å²) in [6.45, 7) is 7.38. The molecule has 1 saturated carbocycles. The number of nitrogens with one attached hydrogen (secondary N) is 1. The largest absolute Gasteiger partial charge is 0.492 e. The number of hydrogen-bond donors (Lipinski definition) is 1. The number of hydrogen-bond acceptors (Lipinski definition) is 4. The molecule has 1 aliphatic heterocycles. The summed E-state index contributed by atoms with van der Waals surface area (Å²) in [6.07, 6.45) is 7.55. The molecule has 0 aromatic heterocycles. The Hall–Kier alpha value is -1.59. The van der Waals surface area contributed by atoms with Crippen LogP contribution in [0.15, 0.2) is 24.3 Å². The lowest BCUT2D eigenvalue weighted by Gasteiger charge is -2.36. The van der Waals surface area contributed by atoms with Crippen LogP contribution in [0.2, 0.25) is 0 Å². The van der Waals surface area contributed by atoms with Gasteiger partial charge in [-0.25, -0.2) is 0 Å². The highest BCUT2D eigenvalue weighted by Crippen LogP contribution is 2.35. The van der Waals surface area contributed by atoms with E-state index in [1.807, 2.05) is 24.3 Å². The second-order valence-corrected chi connectivity index (χ2v) is 8.59. The molecule has 1 aromatic carbocycles. The third kappa shape index (κ3) is 5.26. The predicted octanol–water partition coefficient (Wildman–Crippen LogP) is 4.47. The molecule has 5 heteroatoms. The van der Waals surface area contributed by atoms with Crippen molar-refractivity contribution in [2.45, 2.75) is 70.4 Å². The lowest BCUT2D eigenvalue weighted by molar-refractivity contribution is -0.142. The van der Waals surface area contributed by atoms with E-state index in [1.165, 1.54) is 25.8 Å². The minimum atomic E-state index is -0.688. The molecule has 1 aliphatic carbocycles. The van der Waals surface area contributed by atoms with Gasteiger partial charge in [-0.15, -0.1) is 0 Å². The molecular formula is C23H36N2O3. The van der Waals surface area contributed by atoms with Gasteiger partial charge in [-0.2, -0.15) is 0 Å². The lowest BCUT2D eigenvalue weighted by atomic mass is 9.79. The van der Waals surface area contributed by atoms with E-state index < -0.39 is 5.60 Å². The van der Waals surface area contributed by atoms with Crippen LogP contribution in [0, 0.1) is 5.92 Å². The minimum Gasteiger partial charge on any atom is -0.492 e. The van der Waals surface area contributed by atoms with Gasteiger partial charge in [-0.1, -0.05) is 13.3 Å². The number of nitrogens with zero attached hydrogens (tertiary/aromatic N) is 1. The first-order valence-electron chi connectivity index (χ1n) is 10.9. The first-order valence-corrected chi connectivity index (χ1v) is 10.9. The van der Waals surface area contributed by atoms with Gasteiger partial charge in [0.2, 0.25) is 0 Å². The zero-order valence-corrected chi connectivity index (χ0v) is 17.7. The normalized spacial score (nSPS) is 28.7. The van der Waals surface area contributed by atoms with E-state index in [0.29, 0.717) is 18.6 Å². The molecular weight excluding hydrogens is 352 g/mol. The molecule has 3 rings (SSSR count). The van der Waals surface area contributed by atoms with Crippen molar-refractivity contribution in [1.82, 2.24) is 4.90 Å². The molecule has 2 fully saturated rings. The summed E-state index contributed by atoms with van der Waals surface area (Å²) in [5.41, 5.74) is 0.101. The van der Waals surface area contributed by atoms with Crippen LogP contribution in [0.25, 0.3) is 0 Å². The maximum absolute atomic E-state index is 12.8. The number of anilines is 1. The second-order valence-electron chi connectivity index (χ2n) is 8.59. The van der Waals surface area contributed by atoms with E-state index >= 15 is 0 Å². The zero-order chi connectivity index (χ0) is 20.0. The van der Waals surface area contributed by atoms with Crippen molar-refractivity contribution < 1.29 is 14.3 Å².